The van der Waals surface area contributed by atoms with E-state index >= 15 is 4.39 Å². The van der Waals surface area contributed by atoms with Crippen LogP contribution in [0, 0.1) is 5.82 Å². The Bertz CT molecular complexity index is 1760. The fourth-order valence-corrected chi connectivity index (χ4v) is 4.54. The maximum atomic E-state index is 15.0. The zero-order valence-corrected chi connectivity index (χ0v) is 21.0. The third kappa shape index (κ3) is 4.55. The number of imidazole rings is 1. The van der Waals surface area contributed by atoms with Gasteiger partial charge in [0.15, 0.2) is 34.9 Å². The highest BCUT2D eigenvalue weighted by Crippen LogP contribution is 2.45. The first-order valence-corrected chi connectivity index (χ1v) is 12.2. The van der Waals surface area contributed by atoms with Crippen LogP contribution < -0.4 is 15.7 Å². The second-order valence-electron chi connectivity index (χ2n) is 9.34. The average Bonchev–Trinajstić information content (AvgIpc) is 3.34. The highest BCUT2D eigenvalue weighted by atomic mass is 19.4. The smallest absolute Gasteiger partial charge is 0.433 e. The van der Waals surface area contributed by atoms with Crippen LogP contribution in [0.25, 0.3) is 16.9 Å². The summed E-state index contributed by atoms with van der Waals surface area (Å²) in [7, 11) is 0. The molecule has 0 bridgehead atoms. The zero-order chi connectivity index (χ0) is 28.2. The van der Waals surface area contributed by atoms with Crippen molar-refractivity contribution in [2.45, 2.75) is 38.4 Å². The van der Waals surface area contributed by atoms with Gasteiger partial charge in [-0.05, 0) is 38.1 Å². The number of aromatic nitrogens is 6. The number of hydrogen-bond acceptors (Lipinski definition) is 7. The summed E-state index contributed by atoms with van der Waals surface area (Å²) in [5.74, 6) is -0.624. The minimum Gasteiger partial charge on any atom is -0.452 e. The van der Waals surface area contributed by atoms with Crippen LogP contribution in [0.3, 0.4) is 0 Å². The molecule has 1 saturated heterocycles. The van der Waals surface area contributed by atoms with Crippen molar-refractivity contribution in [1.82, 2.24) is 29.3 Å². The zero-order valence-electron chi connectivity index (χ0n) is 21.0. The fraction of sp³-hybridized carbons (Fsp3) is 0.231. The van der Waals surface area contributed by atoms with Crippen LogP contribution in [-0.2, 0) is 10.9 Å². The Kier molecular flexibility index (Phi) is 6.06. The van der Waals surface area contributed by atoms with Crippen molar-refractivity contribution in [3.63, 3.8) is 0 Å². The number of halogens is 4. The number of nitrogens with zero attached hydrogens (tertiary/aromatic N) is 5. The van der Waals surface area contributed by atoms with E-state index in [2.05, 4.69) is 25.4 Å². The van der Waals surface area contributed by atoms with E-state index in [1.165, 1.54) is 53.5 Å². The predicted octanol–water partition coefficient (Wildman–Crippen LogP) is 5.35. The Morgan fingerprint density at radius 2 is 1.95 bits per heavy atom. The summed E-state index contributed by atoms with van der Waals surface area (Å²) in [6, 6.07) is 8.30. The summed E-state index contributed by atoms with van der Waals surface area (Å²) in [6.45, 7) is 3.64. The number of benzene rings is 1. The van der Waals surface area contributed by atoms with E-state index in [0.717, 1.165) is 16.9 Å². The Hall–Kier alpha value is -4.72. The summed E-state index contributed by atoms with van der Waals surface area (Å²) in [5.41, 5.74) is -0.377. The van der Waals surface area contributed by atoms with E-state index in [4.69, 9.17) is 9.47 Å². The molecule has 40 heavy (non-hydrogen) atoms. The fourth-order valence-electron chi connectivity index (χ4n) is 4.54. The second-order valence-corrected chi connectivity index (χ2v) is 9.34. The van der Waals surface area contributed by atoms with Gasteiger partial charge in [-0.15, -0.1) is 0 Å². The lowest BCUT2D eigenvalue weighted by atomic mass is 10.1. The molecule has 0 aliphatic carbocycles. The number of nitrogens with one attached hydrogen (secondary N) is 2. The molecule has 10 nitrogen and oxygen atoms in total. The minimum absolute atomic E-state index is 0.118. The van der Waals surface area contributed by atoms with Crippen LogP contribution in [0.2, 0.25) is 0 Å². The summed E-state index contributed by atoms with van der Waals surface area (Å²) in [6.07, 6.45) is -1.23. The number of epoxide rings is 1. The van der Waals surface area contributed by atoms with E-state index in [-0.39, 0.29) is 40.2 Å². The standard InChI is InChI=1S/C26H21F4N7O3/c1-13(2)36-20-19(7-9-32-23(20)35-25(36)38)39-18-6-5-14(10-17(18)27)34-24-21(40-24)16-12-33-37(22(16)26(28,29)30)15-4-3-8-31-11-15/h3-13,21,24,34H,1-2H3,(H,32,35,38). The number of anilines is 1. The van der Waals surface area contributed by atoms with Gasteiger partial charge < -0.3 is 14.8 Å². The van der Waals surface area contributed by atoms with Gasteiger partial charge in [0.2, 0.25) is 0 Å². The van der Waals surface area contributed by atoms with Gasteiger partial charge >= 0.3 is 11.9 Å². The molecule has 2 N–H and O–H groups in total. The van der Waals surface area contributed by atoms with Gasteiger partial charge in [-0.2, -0.15) is 18.3 Å². The van der Waals surface area contributed by atoms with Gasteiger partial charge in [0, 0.05) is 41.8 Å². The lowest BCUT2D eigenvalue weighted by molar-refractivity contribution is -0.143. The van der Waals surface area contributed by atoms with Crippen LogP contribution in [0.15, 0.2) is 66.0 Å². The highest BCUT2D eigenvalue weighted by Gasteiger charge is 2.49. The third-order valence-corrected chi connectivity index (χ3v) is 6.30. The number of aromatic amines is 1. The van der Waals surface area contributed by atoms with Crippen molar-refractivity contribution in [3.05, 3.63) is 88.7 Å². The normalized spacial score (nSPS) is 17.0. The molecule has 1 aliphatic rings. The second kappa shape index (κ2) is 9.48. The lowest BCUT2D eigenvalue weighted by Gasteiger charge is -2.13. The number of rotatable bonds is 7. The van der Waals surface area contributed by atoms with E-state index in [0.29, 0.717) is 11.2 Å². The molecule has 5 heterocycles. The molecule has 206 valence electrons. The van der Waals surface area contributed by atoms with Crippen LogP contribution in [-0.4, -0.2) is 35.5 Å². The Balaban J connectivity index is 1.22. The van der Waals surface area contributed by atoms with Crippen molar-refractivity contribution < 1.29 is 27.0 Å². The molecule has 0 saturated carbocycles. The third-order valence-electron chi connectivity index (χ3n) is 6.30. The van der Waals surface area contributed by atoms with Gasteiger partial charge in [0.05, 0.1) is 18.1 Å². The summed E-state index contributed by atoms with van der Waals surface area (Å²) in [5, 5.41) is 6.79. The van der Waals surface area contributed by atoms with Crippen molar-refractivity contribution in [2.24, 2.45) is 0 Å². The number of fused-ring (bicyclic) bond motifs is 1. The summed E-state index contributed by atoms with van der Waals surface area (Å²) in [4.78, 5) is 23.0. The first kappa shape index (κ1) is 25.6. The van der Waals surface area contributed by atoms with Crippen LogP contribution in [0.1, 0.15) is 37.3 Å². The molecule has 2 unspecified atom stereocenters. The maximum Gasteiger partial charge on any atom is 0.433 e. The molecular formula is C26H21F4N7O3. The van der Waals surface area contributed by atoms with Crippen LogP contribution in [0.5, 0.6) is 11.5 Å². The van der Waals surface area contributed by atoms with E-state index < -0.39 is 30.0 Å². The molecule has 0 radical (unpaired) electrons. The van der Waals surface area contributed by atoms with Crippen molar-refractivity contribution in [3.8, 4) is 17.2 Å². The molecule has 5 aromatic rings. The van der Waals surface area contributed by atoms with Crippen molar-refractivity contribution >= 4 is 16.9 Å². The number of hydrogen-bond donors (Lipinski definition) is 2. The van der Waals surface area contributed by atoms with E-state index in [1.54, 1.807) is 0 Å². The van der Waals surface area contributed by atoms with E-state index in [1.807, 2.05) is 13.8 Å². The monoisotopic (exact) mass is 555 g/mol. The Morgan fingerprint density at radius 1 is 1.12 bits per heavy atom. The van der Waals surface area contributed by atoms with Gasteiger partial charge in [-0.3, -0.25) is 14.5 Å². The Labute approximate surface area is 223 Å². The largest absolute Gasteiger partial charge is 0.452 e. The molecule has 1 aromatic carbocycles. The quantitative estimate of drug-likeness (QED) is 0.206. The SMILES string of the molecule is CC(C)n1c(=O)[nH]c2nccc(Oc3ccc(NC4OC4c4cnn(-c5cccnc5)c4C(F)(F)F)cc3F)c21. The molecule has 1 aliphatic heterocycles. The topological polar surface area (TPSA) is 115 Å². The minimum atomic E-state index is -4.71. The summed E-state index contributed by atoms with van der Waals surface area (Å²) < 4.78 is 70.4. The highest BCUT2D eigenvalue weighted by molar-refractivity contribution is 5.78. The van der Waals surface area contributed by atoms with Crippen LogP contribution >= 0.6 is 0 Å². The predicted molar refractivity (Wildman–Crippen MR) is 135 cm³/mol. The molecule has 0 spiro atoms. The van der Waals surface area contributed by atoms with Gasteiger partial charge in [-0.1, -0.05) is 0 Å². The van der Waals surface area contributed by atoms with Crippen molar-refractivity contribution in [2.75, 3.05) is 5.32 Å². The number of alkyl halides is 3. The molecule has 0 amide bonds. The van der Waals surface area contributed by atoms with Crippen LogP contribution in [0.4, 0.5) is 23.2 Å². The van der Waals surface area contributed by atoms with Gasteiger partial charge in [-0.25, -0.2) is 18.9 Å². The average molecular weight is 555 g/mol. The molecule has 2 atom stereocenters. The number of pyridine rings is 2. The number of H-pyrrole nitrogens is 1. The molecule has 4 aromatic heterocycles. The Morgan fingerprint density at radius 3 is 2.65 bits per heavy atom. The van der Waals surface area contributed by atoms with Gasteiger partial charge in [0.25, 0.3) is 0 Å². The summed E-state index contributed by atoms with van der Waals surface area (Å²) >= 11 is 0. The molecular weight excluding hydrogens is 534 g/mol. The maximum absolute atomic E-state index is 15.0. The number of ether oxygens (including phenoxy) is 2. The molecule has 14 heteroatoms. The molecule has 6 rings (SSSR count). The van der Waals surface area contributed by atoms with Gasteiger partial charge in [0.1, 0.15) is 11.6 Å². The van der Waals surface area contributed by atoms with Crippen molar-refractivity contribution in [1.29, 1.82) is 0 Å². The van der Waals surface area contributed by atoms with E-state index in [9.17, 15) is 18.0 Å². The molecule has 1 fully saturated rings. The lowest BCUT2D eigenvalue weighted by Crippen LogP contribution is -2.18. The first-order chi connectivity index (χ1) is 19.1. The first-order valence-electron chi connectivity index (χ1n) is 12.2.